The van der Waals surface area contributed by atoms with Crippen molar-refractivity contribution in [2.24, 2.45) is 24.3 Å². The number of nitrogens with zero attached hydrogens (tertiary/aromatic N) is 5. The second-order valence-electron chi connectivity index (χ2n) is 8.90. The van der Waals surface area contributed by atoms with Gasteiger partial charge in [-0.05, 0) is 62.0 Å². The monoisotopic (exact) mass is 418 g/mol. The normalized spacial score (nSPS) is 32.4. The van der Waals surface area contributed by atoms with Gasteiger partial charge in [0.05, 0.1) is 29.9 Å². The maximum atomic E-state index is 13.5. The van der Waals surface area contributed by atoms with Gasteiger partial charge in [-0.1, -0.05) is 0 Å². The highest BCUT2D eigenvalue weighted by molar-refractivity contribution is 6.28. The molecule has 0 saturated heterocycles. The molecule has 2 unspecified atom stereocenters. The molecule has 1 N–H and O–H groups in total. The first kappa shape index (κ1) is 18.6. The first-order chi connectivity index (χ1) is 13.8. The van der Waals surface area contributed by atoms with E-state index in [4.69, 9.17) is 16.3 Å². The van der Waals surface area contributed by atoms with Gasteiger partial charge in [0, 0.05) is 7.05 Å². The zero-order valence-corrected chi connectivity index (χ0v) is 17.1. The number of hydrogen-bond acceptors (Lipinski definition) is 6. The number of carbonyl (C=O) groups is 2. The van der Waals surface area contributed by atoms with E-state index in [0.29, 0.717) is 23.9 Å². The van der Waals surface area contributed by atoms with Crippen LogP contribution in [-0.2, 0) is 22.1 Å². The molecule has 29 heavy (non-hydrogen) atoms. The van der Waals surface area contributed by atoms with Crippen LogP contribution < -0.4 is 5.32 Å². The number of aromatic nitrogens is 5. The van der Waals surface area contributed by atoms with Crippen molar-refractivity contribution in [1.82, 2.24) is 24.5 Å². The predicted molar refractivity (Wildman–Crippen MR) is 103 cm³/mol. The molecule has 4 aliphatic rings. The van der Waals surface area contributed by atoms with Gasteiger partial charge < -0.3 is 10.1 Å². The summed E-state index contributed by atoms with van der Waals surface area (Å²) >= 11 is 5.99. The first-order valence-electron chi connectivity index (χ1n) is 9.84. The Hall–Kier alpha value is -2.42. The van der Waals surface area contributed by atoms with E-state index in [1.165, 1.54) is 18.0 Å². The van der Waals surface area contributed by atoms with Crippen LogP contribution in [0.5, 0.6) is 0 Å². The molecule has 0 aromatic carbocycles. The van der Waals surface area contributed by atoms with Crippen LogP contribution in [0.3, 0.4) is 0 Å². The van der Waals surface area contributed by atoms with Crippen LogP contribution in [0.1, 0.15) is 49.0 Å². The molecular weight excluding hydrogens is 396 g/mol. The van der Waals surface area contributed by atoms with Gasteiger partial charge in [-0.3, -0.25) is 9.48 Å². The topological polar surface area (TPSA) is 104 Å². The zero-order chi connectivity index (χ0) is 20.4. The summed E-state index contributed by atoms with van der Waals surface area (Å²) in [7, 11) is 2.96. The number of ether oxygens (including phenoxy) is 1. The number of hydrogen-bond donors (Lipinski definition) is 1. The Morgan fingerprint density at radius 3 is 2.62 bits per heavy atom. The fraction of sp³-hybridized carbons (Fsp3) is 0.632. The van der Waals surface area contributed by atoms with Crippen molar-refractivity contribution in [3.8, 4) is 0 Å². The Balaban J connectivity index is 1.47. The van der Waals surface area contributed by atoms with Crippen LogP contribution in [0, 0.1) is 17.3 Å². The number of halogens is 1. The Labute approximate surface area is 172 Å². The molecule has 2 heterocycles. The first-order valence-corrected chi connectivity index (χ1v) is 10.2. The molecule has 4 saturated carbocycles. The Bertz CT molecular complexity index is 984. The van der Waals surface area contributed by atoms with Crippen LogP contribution in [0.2, 0.25) is 5.28 Å². The molecule has 1 amide bonds. The summed E-state index contributed by atoms with van der Waals surface area (Å²) in [6, 6.07) is 0. The molecule has 2 aromatic rings. The summed E-state index contributed by atoms with van der Waals surface area (Å²) in [5.41, 5.74) is -0.0887. The summed E-state index contributed by atoms with van der Waals surface area (Å²) in [5.74, 6) is 0.359. The maximum absolute atomic E-state index is 13.5. The standard InChI is InChI=1S/C19H23ClN6O3/c1-25-14(15(27)29-2)13(8-22-25)23-16(28)18-4-11-3-12(5-18)7-19(6-11,9-18)26-10-21-17(20)24-26/h8,10-12H,3-7,9H2,1-2H3,(H,23,28). The number of nitrogens with one attached hydrogen (secondary N) is 1. The van der Waals surface area contributed by atoms with Crippen molar-refractivity contribution < 1.29 is 14.3 Å². The van der Waals surface area contributed by atoms with Crippen molar-refractivity contribution in [3.63, 3.8) is 0 Å². The molecule has 10 heteroatoms. The lowest BCUT2D eigenvalue weighted by Gasteiger charge is -2.60. The minimum Gasteiger partial charge on any atom is -0.464 e. The second-order valence-corrected chi connectivity index (χ2v) is 9.24. The largest absolute Gasteiger partial charge is 0.464 e. The number of aryl methyl sites for hydroxylation is 1. The molecule has 2 atom stereocenters. The molecule has 6 rings (SSSR count). The second kappa shape index (κ2) is 6.29. The molecule has 0 aliphatic heterocycles. The summed E-state index contributed by atoms with van der Waals surface area (Å²) in [6.07, 6.45) is 8.75. The summed E-state index contributed by atoms with van der Waals surface area (Å²) in [4.78, 5) is 29.8. The molecule has 4 bridgehead atoms. The lowest BCUT2D eigenvalue weighted by molar-refractivity contribution is -0.150. The van der Waals surface area contributed by atoms with Gasteiger partial charge in [0.15, 0.2) is 5.69 Å². The fourth-order valence-corrected chi connectivity index (χ4v) is 6.47. The van der Waals surface area contributed by atoms with Crippen molar-refractivity contribution in [2.75, 3.05) is 12.4 Å². The van der Waals surface area contributed by atoms with E-state index in [2.05, 4.69) is 20.5 Å². The number of esters is 1. The molecular formula is C19H23ClN6O3. The summed E-state index contributed by atoms with van der Waals surface area (Å²) in [5, 5.41) is 11.7. The molecule has 9 nitrogen and oxygen atoms in total. The predicted octanol–water partition coefficient (Wildman–Crippen LogP) is 2.39. The van der Waals surface area contributed by atoms with Gasteiger partial charge in [-0.15, -0.1) is 5.10 Å². The highest BCUT2D eigenvalue weighted by atomic mass is 35.5. The van der Waals surface area contributed by atoms with E-state index in [-0.39, 0.29) is 22.4 Å². The van der Waals surface area contributed by atoms with E-state index in [9.17, 15) is 9.59 Å². The molecule has 0 radical (unpaired) electrons. The van der Waals surface area contributed by atoms with Crippen molar-refractivity contribution in [1.29, 1.82) is 0 Å². The average Bonchev–Trinajstić information content (AvgIpc) is 3.26. The Morgan fingerprint density at radius 2 is 2.00 bits per heavy atom. The van der Waals surface area contributed by atoms with Crippen molar-refractivity contribution in [2.45, 2.75) is 44.1 Å². The SMILES string of the molecule is COC(=O)c1c(NC(=O)C23CC4CC(C2)CC(n2cnc(Cl)n2)(C4)C3)cnn1C. The van der Waals surface area contributed by atoms with Gasteiger partial charge in [0.2, 0.25) is 11.2 Å². The van der Waals surface area contributed by atoms with Crippen LogP contribution in [0.15, 0.2) is 12.5 Å². The quantitative estimate of drug-likeness (QED) is 0.764. The zero-order valence-electron chi connectivity index (χ0n) is 16.4. The average molecular weight is 419 g/mol. The molecule has 4 fully saturated rings. The summed E-state index contributed by atoms with van der Waals surface area (Å²) in [6.45, 7) is 0. The van der Waals surface area contributed by atoms with Crippen molar-refractivity contribution >= 4 is 29.2 Å². The maximum Gasteiger partial charge on any atom is 0.358 e. The third kappa shape index (κ3) is 2.78. The minimum absolute atomic E-state index is 0.0552. The lowest BCUT2D eigenvalue weighted by Crippen LogP contribution is -2.60. The number of amides is 1. The number of anilines is 1. The van der Waals surface area contributed by atoms with Crippen LogP contribution >= 0.6 is 11.6 Å². The van der Waals surface area contributed by atoms with Gasteiger partial charge in [-0.2, -0.15) is 5.10 Å². The lowest BCUT2D eigenvalue weighted by atomic mass is 9.46. The van der Waals surface area contributed by atoms with Gasteiger partial charge in [-0.25, -0.2) is 14.5 Å². The van der Waals surface area contributed by atoms with E-state index in [0.717, 1.165) is 32.1 Å². The molecule has 0 spiro atoms. The van der Waals surface area contributed by atoms with E-state index in [1.807, 2.05) is 4.68 Å². The van der Waals surface area contributed by atoms with Gasteiger partial charge in [0.25, 0.3) is 0 Å². The highest BCUT2D eigenvalue weighted by Crippen LogP contribution is 2.64. The highest BCUT2D eigenvalue weighted by Gasteiger charge is 2.61. The summed E-state index contributed by atoms with van der Waals surface area (Å²) < 4.78 is 8.15. The van der Waals surface area contributed by atoms with Gasteiger partial charge in [0.1, 0.15) is 6.33 Å². The van der Waals surface area contributed by atoms with Crippen molar-refractivity contribution in [3.05, 3.63) is 23.5 Å². The Morgan fingerprint density at radius 1 is 1.28 bits per heavy atom. The van der Waals surface area contributed by atoms with Crippen LogP contribution in [0.4, 0.5) is 5.69 Å². The third-order valence-corrected chi connectivity index (χ3v) is 7.20. The minimum atomic E-state index is -0.528. The van der Waals surface area contributed by atoms with Crippen LogP contribution in [-0.4, -0.2) is 43.5 Å². The smallest absolute Gasteiger partial charge is 0.358 e. The van der Waals surface area contributed by atoms with E-state index in [1.54, 1.807) is 13.4 Å². The van der Waals surface area contributed by atoms with Crippen LogP contribution in [0.25, 0.3) is 0 Å². The van der Waals surface area contributed by atoms with E-state index < -0.39 is 11.4 Å². The molecule has 154 valence electrons. The molecule has 2 aromatic heterocycles. The number of rotatable bonds is 4. The Kier molecular flexibility index (Phi) is 4.03. The third-order valence-electron chi connectivity index (χ3n) is 7.03. The number of carbonyl (C=O) groups excluding carboxylic acids is 2. The van der Waals surface area contributed by atoms with E-state index >= 15 is 0 Å². The molecule has 4 aliphatic carbocycles. The fourth-order valence-electron chi connectivity index (χ4n) is 6.34. The van der Waals surface area contributed by atoms with Gasteiger partial charge >= 0.3 is 5.97 Å². The number of methoxy groups -OCH3 is 1.